The van der Waals surface area contributed by atoms with Crippen molar-refractivity contribution in [2.75, 3.05) is 12.4 Å². The molecule has 0 aliphatic rings. The number of nitrogens with zero attached hydrogens (tertiary/aromatic N) is 3. The van der Waals surface area contributed by atoms with E-state index < -0.39 is 0 Å². The highest BCUT2D eigenvalue weighted by Crippen LogP contribution is 2.31. The maximum absolute atomic E-state index is 13.0. The van der Waals surface area contributed by atoms with Crippen LogP contribution in [0.1, 0.15) is 11.3 Å². The number of hydrogen-bond donors (Lipinski definition) is 1. The average Bonchev–Trinajstić information content (AvgIpc) is 3.41. The van der Waals surface area contributed by atoms with E-state index in [9.17, 15) is 4.39 Å². The maximum atomic E-state index is 13.0. The molecule has 0 aliphatic carbocycles. The van der Waals surface area contributed by atoms with Crippen LogP contribution in [0.3, 0.4) is 0 Å². The first kappa shape index (κ1) is 19.8. The summed E-state index contributed by atoms with van der Waals surface area (Å²) in [6, 6.07) is 14.3. The highest BCUT2D eigenvalue weighted by atomic mass is 32.2. The Bertz CT molecular complexity index is 1080. The molecular weight excluding hydrogens is 427 g/mol. The van der Waals surface area contributed by atoms with Gasteiger partial charge in [-0.2, -0.15) is 0 Å². The monoisotopic (exact) mass is 444 g/mol. The third-order valence-corrected chi connectivity index (χ3v) is 6.96. The molecular formula is C20H17FN4OS3. The van der Waals surface area contributed by atoms with E-state index >= 15 is 0 Å². The van der Waals surface area contributed by atoms with Crippen LogP contribution >= 0.6 is 34.4 Å². The molecule has 4 rings (SSSR count). The predicted molar refractivity (Wildman–Crippen MR) is 117 cm³/mol. The lowest BCUT2D eigenvalue weighted by molar-refractivity contribution is 0.415. The number of hydrogen-bond acceptors (Lipinski definition) is 8. The van der Waals surface area contributed by atoms with Gasteiger partial charge in [-0.15, -0.1) is 21.5 Å². The Hall–Kier alpha value is -2.49. The molecule has 148 valence electrons. The predicted octanol–water partition coefficient (Wildman–Crippen LogP) is 5.71. The van der Waals surface area contributed by atoms with E-state index in [-0.39, 0.29) is 5.82 Å². The number of aromatic nitrogens is 3. The van der Waals surface area contributed by atoms with Gasteiger partial charge in [-0.3, -0.25) is 0 Å². The normalized spacial score (nSPS) is 10.8. The van der Waals surface area contributed by atoms with Gasteiger partial charge >= 0.3 is 0 Å². The molecule has 0 atom stereocenters. The number of rotatable bonds is 8. The summed E-state index contributed by atoms with van der Waals surface area (Å²) in [5.41, 5.74) is 3.05. The van der Waals surface area contributed by atoms with Crippen LogP contribution in [0, 0.1) is 5.82 Å². The summed E-state index contributed by atoms with van der Waals surface area (Å²) in [6.07, 6.45) is 0. The largest absolute Gasteiger partial charge is 0.497 e. The van der Waals surface area contributed by atoms with Gasteiger partial charge in [0, 0.05) is 23.2 Å². The zero-order valence-electron chi connectivity index (χ0n) is 15.5. The van der Waals surface area contributed by atoms with E-state index in [1.165, 1.54) is 23.5 Å². The summed E-state index contributed by atoms with van der Waals surface area (Å²) in [5, 5.41) is 15.4. The zero-order valence-corrected chi connectivity index (χ0v) is 17.9. The summed E-state index contributed by atoms with van der Waals surface area (Å²) in [5.74, 6) is 1.32. The number of methoxy groups -OCH3 is 1. The standard InChI is InChI=1S/C20H17FN4OS3/c1-26-17-4-2-3-14(9-17)18-23-16(11-27-18)12-28-20-25-24-19(29-20)22-10-13-5-7-15(21)8-6-13/h2-9,11H,10,12H2,1H3,(H,22,24). The Balaban J connectivity index is 1.32. The van der Waals surface area contributed by atoms with Crippen molar-refractivity contribution in [2.24, 2.45) is 0 Å². The van der Waals surface area contributed by atoms with Gasteiger partial charge in [0.1, 0.15) is 16.6 Å². The number of thiazole rings is 1. The minimum absolute atomic E-state index is 0.236. The van der Waals surface area contributed by atoms with E-state index in [0.29, 0.717) is 6.54 Å². The first-order valence-electron chi connectivity index (χ1n) is 8.73. The summed E-state index contributed by atoms with van der Waals surface area (Å²) < 4.78 is 19.1. The van der Waals surface area contributed by atoms with Gasteiger partial charge in [0.25, 0.3) is 0 Å². The van der Waals surface area contributed by atoms with Crippen LogP contribution in [-0.4, -0.2) is 22.3 Å². The highest BCUT2D eigenvalue weighted by Gasteiger charge is 2.09. The van der Waals surface area contributed by atoms with Crippen LogP contribution in [0.5, 0.6) is 5.75 Å². The molecule has 29 heavy (non-hydrogen) atoms. The summed E-state index contributed by atoms with van der Waals surface area (Å²) in [6.45, 7) is 0.579. The van der Waals surface area contributed by atoms with Gasteiger partial charge in [-0.05, 0) is 29.8 Å². The molecule has 0 unspecified atom stereocenters. The van der Waals surface area contributed by atoms with Gasteiger partial charge in [0.15, 0.2) is 4.34 Å². The van der Waals surface area contributed by atoms with E-state index in [2.05, 4.69) is 20.9 Å². The molecule has 2 aromatic heterocycles. The molecule has 1 N–H and O–H groups in total. The van der Waals surface area contributed by atoms with Crippen LogP contribution in [0.25, 0.3) is 10.6 Å². The first-order valence-corrected chi connectivity index (χ1v) is 11.4. The molecule has 0 amide bonds. The molecule has 0 saturated carbocycles. The number of ether oxygens (including phenoxy) is 1. The Kier molecular flexibility index (Phi) is 6.38. The Labute approximate surface area is 180 Å². The molecule has 9 heteroatoms. The number of nitrogens with one attached hydrogen (secondary N) is 1. The lowest BCUT2D eigenvalue weighted by Crippen LogP contribution is -1.98. The number of benzene rings is 2. The second-order valence-electron chi connectivity index (χ2n) is 6.02. The van der Waals surface area contributed by atoms with Crippen molar-refractivity contribution in [3.8, 4) is 16.3 Å². The molecule has 0 radical (unpaired) electrons. The van der Waals surface area contributed by atoms with E-state index in [0.717, 1.165) is 42.8 Å². The molecule has 0 fully saturated rings. The summed E-state index contributed by atoms with van der Waals surface area (Å²) in [7, 11) is 1.66. The number of thioether (sulfide) groups is 1. The van der Waals surface area contributed by atoms with Crippen molar-refractivity contribution in [3.63, 3.8) is 0 Å². The topological polar surface area (TPSA) is 59.9 Å². The van der Waals surface area contributed by atoms with E-state index in [1.54, 1.807) is 42.3 Å². The molecule has 0 spiro atoms. The van der Waals surface area contributed by atoms with Gasteiger partial charge < -0.3 is 10.1 Å². The lowest BCUT2D eigenvalue weighted by Gasteiger charge is -2.01. The van der Waals surface area contributed by atoms with Gasteiger partial charge in [-0.1, -0.05) is 47.4 Å². The molecule has 0 saturated heterocycles. The molecule has 0 bridgehead atoms. The summed E-state index contributed by atoms with van der Waals surface area (Å²) >= 11 is 4.72. The van der Waals surface area contributed by atoms with Crippen LogP contribution in [0.15, 0.2) is 58.3 Å². The van der Waals surface area contributed by atoms with Gasteiger partial charge in [0.2, 0.25) is 5.13 Å². The number of halogens is 1. The molecule has 0 aliphatic heterocycles. The van der Waals surface area contributed by atoms with Crippen molar-refractivity contribution < 1.29 is 9.13 Å². The molecule has 2 aromatic carbocycles. The van der Waals surface area contributed by atoms with E-state index in [1.807, 2.05) is 24.3 Å². The maximum Gasteiger partial charge on any atom is 0.206 e. The summed E-state index contributed by atoms with van der Waals surface area (Å²) in [4.78, 5) is 4.71. The van der Waals surface area contributed by atoms with Crippen molar-refractivity contribution in [1.82, 2.24) is 15.2 Å². The van der Waals surface area contributed by atoms with Crippen molar-refractivity contribution >= 4 is 39.6 Å². The molecule has 5 nitrogen and oxygen atoms in total. The quantitative estimate of drug-likeness (QED) is 0.351. The van der Waals surface area contributed by atoms with Crippen molar-refractivity contribution in [3.05, 3.63) is 71.0 Å². The smallest absolute Gasteiger partial charge is 0.206 e. The first-order chi connectivity index (χ1) is 14.2. The Morgan fingerprint density at radius 2 is 2.00 bits per heavy atom. The minimum atomic E-state index is -0.236. The zero-order chi connectivity index (χ0) is 20.1. The number of anilines is 1. The van der Waals surface area contributed by atoms with Crippen LogP contribution < -0.4 is 10.1 Å². The van der Waals surface area contributed by atoms with Crippen LogP contribution in [-0.2, 0) is 12.3 Å². The molecule has 2 heterocycles. The second-order valence-corrected chi connectivity index (χ2v) is 9.08. The third-order valence-electron chi connectivity index (χ3n) is 3.98. The van der Waals surface area contributed by atoms with Crippen molar-refractivity contribution in [2.45, 2.75) is 16.6 Å². The van der Waals surface area contributed by atoms with Gasteiger partial charge in [0.05, 0.1) is 12.8 Å². The highest BCUT2D eigenvalue weighted by molar-refractivity contribution is 8.00. The fourth-order valence-electron chi connectivity index (χ4n) is 2.52. The van der Waals surface area contributed by atoms with Crippen molar-refractivity contribution in [1.29, 1.82) is 0 Å². The van der Waals surface area contributed by atoms with Gasteiger partial charge in [-0.25, -0.2) is 9.37 Å². The lowest BCUT2D eigenvalue weighted by atomic mass is 10.2. The molecule has 4 aromatic rings. The third kappa shape index (κ3) is 5.31. The Morgan fingerprint density at radius 1 is 1.14 bits per heavy atom. The SMILES string of the molecule is COc1cccc(-c2nc(CSc3nnc(NCc4ccc(F)cc4)s3)cs2)c1. The fourth-order valence-corrected chi connectivity index (χ4v) is 5.08. The second kappa shape index (κ2) is 9.34. The van der Waals surface area contributed by atoms with Crippen LogP contribution in [0.2, 0.25) is 0 Å². The Morgan fingerprint density at radius 3 is 2.83 bits per heavy atom. The average molecular weight is 445 g/mol. The van der Waals surface area contributed by atoms with E-state index in [4.69, 9.17) is 9.72 Å². The fraction of sp³-hybridized carbons (Fsp3) is 0.150. The van der Waals surface area contributed by atoms with Crippen LogP contribution in [0.4, 0.5) is 9.52 Å². The minimum Gasteiger partial charge on any atom is -0.497 e.